The Labute approximate surface area is 152 Å². The largest absolute Gasteiger partial charge is 0.493 e. The fraction of sp³-hybridized carbons (Fsp3) is 0.636. The summed E-state index contributed by atoms with van der Waals surface area (Å²) in [4.78, 5) is 0. The van der Waals surface area contributed by atoms with E-state index in [1.54, 1.807) is 14.2 Å². The second-order valence-electron chi connectivity index (χ2n) is 8.11. The first-order valence-corrected chi connectivity index (χ1v) is 9.48. The summed E-state index contributed by atoms with van der Waals surface area (Å²) in [5.74, 6) is 3.08. The van der Waals surface area contributed by atoms with E-state index in [0.29, 0.717) is 5.41 Å². The van der Waals surface area contributed by atoms with Crippen LogP contribution in [0.4, 0.5) is 0 Å². The molecule has 3 nitrogen and oxygen atoms in total. The molecule has 2 aliphatic carbocycles. The molecule has 3 rings (SSSR count). The monoisotopic (exact) mass is 344 g/mol. The van der Waals surface area contributed by atoms with Crippen molar-refractivity contribution in [3.63, 3.8) is 0 Å². The molecule has 0 aliphatic heterocycles. The second-order valence-corrected chi connectivity index (χ2v) is 8.11. The molecule has 138 valence electrons. The lowest BCUT2D eigenvalue weighted by Gasteiger charge is -2.26. The van der Waals surface area contributed by atoms with Gasteiger partial charge in [0.1, 0.15) is 0 Å². The third kappa shape index (κ3) is 3.44. The molecular weight excluding hydrogens is 312 g/mol. The third-order valence-electron chi connectivity index (χ3n) is 6.53. The average molecular weight is 344 g/mol. The number of rotatable bonds is 8. The third-order valence-corrected chi connectivity index (χ3v) is 6.53. The summed E-state index contributed by atoms with van der Waals surface area (Å²) < 4.78 is 17.0. The summed E-state index contributed by atoms with van der Waals surface area (Å²) >= 11 is 0. The van der Waals surface area contributed by atoms with Crippen LogP contribution in [0.3, 0.4) is 0 Å². The Kier molecular flexibility index (Phi) is 5.15. The van der Waals surface area contributed by atoms with E-state index in [0.717, 1.165) is 41.9 Å². The van der Waals surface area contributed by atoms with Gasteiger partial charge in [0.15, 0.2) is 11.5 Å². The molecule has 2 aliphatic rings. The zero-order valence-electron chi connectivity index (χ0n) is 16.3. The minimum Gasteiger partial charge on any atom is -0.493 e. The van der Waals surface area contributed by atoms with E-state index in [2.05, 4.69) is 32.9 Å². The molecule has 2 saturated carbocycles. The van der Waals surface area contributed by atoms with Gasteiger partial charge < -0.3 is 14.2 Å². The van der Waals surface area contributed by atoms with Crippen molar-refractivity contribution in [2.45, 2.75) is 52.1 Å². The molecule has 3 atom stereocenters. The van der Waals surface area contributed by atoms with E-state index >= 15 is 0 Å². The SMILES string of the molecule is COc1ccc(C=CCCO[C@@]2(C)CC[C@]3(C(C)C)C[C@@H]32)cc1OC. The molecule has 3 heteroatoms. The Hall–Kier alpha value is -1.48. The summed E-state index contributed by atoms with van der Waals surface area (Å²) in [5.41, 5.74) is 1.80. The van der Waals surface area contributed by atoms with Crippen LogP contribution in [0.25, 0.3) is 6.08 Å². The Balaban J connectivity index is 1.48. The minimum atomic E-state index is 0.0987. The molecule has 0 spiro atoms. The van der Waals surface area contributed by atoms with Crippen LogP contribution < -0.4 is 9.47 Å². The van der Waals surface area contributed by atoms with Crippen molar-refractivity contribution in [1.82, 2.24) is 0 Å². The fourth-order valence-corrected chi connectivity index (χ4v) is 4.71. The molecule has 1 aromatic rings. The van der Waals surface area contributed by atoms with E-state index in [1.165, 1.54) is 19.3 Å². The van der Waals surface area contributed by atoms with Gasteiger partial charge >= 0.3 is 0 Å². The minimum absolute atomic E-state index is 0.0987. The van der Waals surface area contributed by atoms with Gasteiger partial charge in [0.25, 0.3) is 0 Å². The molecule has 0 aromatic heterocycles. The first-order valence-electron chi connectivity index (χ1n) is 9.48. The molecule has 0 bridgehead atoms. The normalized spacial score (nSPS) is 30.7. The van der Waals surface area contributed by atoms with Crippen molar-refractivity contribution >= 4 is 6.08 Å². The predicted molar refractivity (Wildman–Crippen MR) is 102 cm³/mol. The van der Waals surface area contributed by atoms with Crippen LogP contribution in [0.1, 0.15) is 52.0 Å². The summed E-state index contributed by atoms with van der Waals surface area (Å²) in [5, 5.41) is 0. The smallest absolute Gasteiger partial charge is 0.161 e. The molecule has 0 N–H and O–H groups in total. The summed E-state index contributed by atoms with van der Waals surface area (Å²) in [7, 11) is 3.32. The van der Waals surface area contributed by atoms with E-state index in [4.69, 9.17) is 14.2 Å². The van der Waals surface area contributed by atoms with Gasteiger partial charge in [-0.05, 0) is 67.6 Å². The fourth-order valence-electron chi connectivity index (χ4n) is 4.71. The number of hydrogen-bond donors (Lipinski definition) is 0. The van der Waals surface area contributed by atoms with E-state index < -0.39 is 0 Å². The van der Waals surface area contributed by atoms with Crippen LogP contribution >= 0.6 is 0 Å². The lowest BCUT2D eigenvalue weighted by Crippen LogP contribution is -2.29. The van der Waals surface area contributed by atoms with Crippen LogP contribution in [0, 0.1) is 17.3 Å². The molecule has 2 fully saturated rings. The number of methoxy groups -OCH3 is 2. The Bertz CT molecular complexity index is 636. The van der Waals surface area contributed by atoms with Crippen LogP contribution in [0.15, 0.2) is 24.3 Å². The van der Waals surface area contributed by atoms with Gasteiger partial charge in [-0.1, -0.05) is 32.1 Å². The van der Waals surface area contributed by atoms with Crippen LogP contribution in [0.2, 0.25) is 0 Å². The molecule has 0 radical (unpaired) electrons. The molecular formula is C22H32O3. The first kappa shape index (κ1) is 18.3. The van der Waals surface area contributed by atoms with E-state index in [9.17, 15) is 0 Å². The molecule has 0 heterocycles. The van der Waals surface area contributed by atoms with Crippen molar-refractivity contribution in [2.24, 2.45) is 17.3 Å². The van der Waals surface area contributed by atoms with Crippen molar-refractivity contribution in [3.05, 3.63) is 29.8 Å². The summed E-state index contributed by atoms with van der Waals surface area (Å²) in [6.07, 6.45) is 9.16. The topological polar surface area (TPSA) is 27.7 Å². The van der Waals surface area contributed by atoms with Crippen LogP contribution in [-0.4, -0.2) is 26.4 Å². The Morgan fingerprint density at radius 3 is 2.52 bits per heavy atom. The van der Waals surface area contributed by atoms with Crippen LogP contribution in [0.5, 0.6) is 11.5 Å². The van der Waals surface area contributed by atoms with Crippen molar-refractivity contribution in [3.8, 4) is 11.5 Å². The standard InChI is InChI=1S/C22H32O3/c1-16(2)22-12-11-21(3,20(22)15-22)25-13-7-6-8-17-9-10-18(23-4)19(14-17)24-5/h6,8-10,14,16,20H,7,11-13,15H2,1-5H3/t20-,21+,22-/m1/s1. The highest BCUT2D eigenvalue weighted by Gasteiger charge is 2.68. The van der Waals surface area contributed by atoms with E-state index in [-0.39, 0.29) is 5.60 Å². The average Bonchev–Trinajstić information content (AvgIpc) is 3.30. The Morgan fingerprint density at radius 2 is 1.92 bits per heavy atom. The highest BCUT2D eigenvalue weighted by atomic mass is 16.5. The van der Waals surface area contributed by atoms with Gasteiger partial charge in [0.05, 0.1) is 26.4 Å². The zero-order valence-corrected chi connectivity index (χ0v) is 16.3. The van der Waals surface area contributed by atoms with Gasteiger partial charge in [0, 0.05) is 0 Å². The number of fused-ring (bicyclic) bond motifs is 1. The quantitative estimate of drug-likeness (QED) is 0.596. The van der Waals surface area contributed by atoms with Gasteiger partial charge in [-0.3, -0.25) is 0 Å². The molecule has 25 heavy (non-hydrogen) atoms. The second kappa shape index (κ2) is 7.03. The maximum atomic E-state index is 6.34. The molecule has 1 aromatic carbocycles. The maximum absolute atomic E-state index is 6.34. The summed E-state index contributed by atoms with van der Waals surface area (Å²) in [6, 6.07) is 5.97. The highest BCUT2D eigenvalue weighted by molar-refractivity contribution is 5.55. The zero-order chi connectivity index (χ0) is 18.1. The molecule has 0 saturated heterocycles. The van der Waals surface area contributed by atoms with Crippen molar-refractivity contribution in [2.75, 3.05) is 20.8 Å². The van der Waals surface area contributed by atoms with Gasteiger partial charge in [-0.25, -0.2) is 0 Å². The highest BCUT2D eigenvalue weighted by Crippen LogP contribution is 2.71. The molecule has 0 unspecified atom stereocenters. The maximum Gasteiger partial charge on any atom is 0.161 e. The van der Waals surface area contributed by atoms with Crippen molar-refractivity contribution < 1.29 is 14.2 Å². The lowest BCUT2D eigenvalue weighted by atomic mass is 9.90. The number of benzene rings is 1. The van der Waals surface area contributed by atoms with Gasteiger partial charge in [0.2, 0.25) is 0 Å². The number of ether oxygens (including phenoxy) is 3. The summed E-state index contributed by atoms with van der Waals surface area (Å²) in [6.45, 7) is 7.87. The van der Waals surface area contributed by atoms with Gasteiger partial charge in [-0.15, -0.1) is 0 Å². The van der Waals surface area contributed by atoms with Gasteiger partial charge in [-0.2, -0.15) is 0 Å². The predicted octanol–water partition coefficient (Wildman–Crippen LogP) is 5.34. The number of hydrogen-bond acceptors (Lipinski definition) is 3. The first-order chi connectivity index (χ1) is 11.9. The van der Waals surface area contributed by atoms with Crippen LogP contribution in [-0.2, 0) is 4.74 Å². The lowest BCUT2D eigenvalue weighted by molar-refractivity contribution is -0.0418. The Morgan fingerprint density at radius 1 is 1.16 bits per heavy atom. The molecule has 0 amide bonds. The van der Waals surface area contributed by atoms with E-state index in [1.807, 2.05) is 18.2 Å². The van der Waals surface area contributed by atoms with Crippen molar-refractivity contribution in [1.29, 1.82) is 0 Å².